The number of rotatable bonds is 4. The number of fused-ring (bicyclic) bond motifs is 4. The van der Waals surface area contributed by atoms with Gasteiger partial charge in [0.05, 0.1) is 5.52 Å². The molecule has 0 bridgehead atoms. The van der Waals surface area contributed by atoms with Crippen molar-refractivity contribution in [2.45, 2.75) is 38.3 Å². The summed E-state index contributed by atoms with van der Waals surface area (Å²) in [5.41, 5.74) is 8.96. The molecule has 2 aromatic heterocycles. The second-order valence-electron chi connectivity index (χ2n) is 8.90. The Morgan fingerprint density at radius 1 is 0.938 bits per heavy atom. The highest BCUT2D eigenvalue weighted by atomic mass is 15.0. The molecule has 3 aromatic carbocycles. The highest BCUT2D eigenvalue weighted by Gasteiger charge is 2.25. The van der Waals surface area contributed by atoms with Crippen molar-refractivity contribution < 1.29 is 0 Å². The molecule has 32 heavy (non-hydrogen) atoms. The largest absolute Gasteiger partial charge is 0.357 e. The number of H-pyrrole nitrogens is 1. The second kappa shape index (κ2) is 7.92. The van der Waals surface area contributed by atoms with Crippen molar-refractivity contribution in [1.82, 2.24) is 15.3 Å². The van der Waals surface area contributed by atoms with Gasteiger partial charge in [-0.3, -0.25) is 4.98 Å². The smallest absolute Gasteiger partial charge is 0.0708 e. The number of nitrogens with one attached hydrogen (secondary N) is 2. The van der Waals surface area contributed by atoms with Gasteiger partial charge in [0.25, 0.3) is 0 Å². The third-order valence-corrected chi connectivity index (χ3v) is 6.91. The summed E-state index contributed by atoms with van der Waals surface area (Å²) in [6, 6.07) is 28.8. The summed E-state index contributed by atoms with van der Waals surface area (Å²) in [5.74, 6) is 0. The Labute approximate surface area is 188 Å². The Balaban J connectivity index is 1.39. The van der Waals surface area contributed by atoms with Crippen LogP contribution in [0.4, 0.5) is 0 Å². The van der Waals surface area contributed by atoms with Crippen LogP contribution in [0, 0.1) is 0 Å². The van der Waals surface area contributed by atoms with E-state index in [1.54, 1.807) is 0 Å². The Morgan fingerprint density at radius 3 is 2.75 bits per heavy atom. The highest BCUT2D eigenvalue weighted by Crippen LogP contribution is 2.38. The lowest BCUT2D eigenvalue weighted by atomic mass is 9.90. The van der Waals surface area contributed by atoms with Gasteiger partial charge in [0.15, 0.2) is 0 Å². The van der Waals surface area contributed by atoms with E-state index in [0.717, 1.165) is 11.9 Å². The lowest BCUT2D eigenvalue weighted by Gasteiger charge is -2.27. The SMILES string of the molecule is C[C@@H](N[C@@H]1CCCc2c1[nH]c1ccc(-c3cccc4ncccc34)cc21)c1ccccc1. The molecule has 5 aromatic rings. The van der Waals surface area contributed by atoms with E-state index >= 15 is 0 Å². The Kier molecular flexibility index (Phi) is 4.77. The number of benzene rings is 3. The minimum atomic E-state index is 0.317. The van der Waals surface area contributed by atoms with Crippen LogP contribution in [0.25, 0.3) is 32.9 Å². The van der Waals surface area contributed by atoms with Gasteiger partial charge in [-0.15, -0.1) is 0 Å². The predicted octanol–water partition coefficient (Wildman–Crippen LogP) is 7.11. The van der Waals surface area contributed by atoms with E-state index in [2.05, 4.69) is 95.0 Å². The summed E-state index contributed by atoms with van der Waals surface area (Å²) in [4.78, 5) is 8.30. The molecule has 2 N–H and O–H groups in total. The maximum absolute atomic E-state index is 4.54. The first-order valence-corrected chi connectivity index (χ1v) is 11.6. The molecule has 0 saturated carbocycles. The Bertz CT molecular complexity index is 1400. The van der Waals surface area contributed by atoms with Crippen LogP contribution in [0.3, 0.4) is 0 Å². The fraction of sp³-hybridized carbons (Fsp3) is 0.207. The van der Waals surface area contributed by atoms with Gasteiger partial charge in [-0.2, -0.15) is 0 Å². The third kappa shape index (κ3) is 3.30. The summed E-state index contributed by atoms with van der Waals surface area (Å²) in [6.45, 7) is 2.26. The molecule has 6 rings (SSSR count). The van der Waals surface area contributed by atoms with E-state index in [1.165, 1.54) is 57.1 Å². The fourth-order valence-electron chi connectivity index (χ4n) is 5.29. The summed E-state index contributed by atoms with van der Waals surface area (Å²) < 4.78 is 0. The number of aromatic nitrogens is 2. The molecule has 0 amide bonds. The average Bonchev–Trinajstić information content (AvgIpc) is 3.23. The zero-order valence-corrected chi connectivity index (χ0v) is 18.3. The minimum Gasteiger partial charge on any atom is -0.357 e. The Morgan fingerprint density at radius 2 is 1.84 bits per heavy atom. The van der Waals surface area contributed by atoms with Crippen LogP contribution in [0.1, 0.15) is 48.7 Å². The zero-order valence-electron chi connectivity index (χ0n) is 18.3. The van der Waals surface area contributed by atoms with Crippen LogP contribution in [0.2, 0.25) is 0 Å². The van der Waals surface area contributed by atoms with Crippen molar-refractivity contribution in [3.05, 3.63) is 102 Å². The van der Waals surface area contributed by atoms with Crippen molar-refractivity contribution in [3.8, 4) is 11.1 Å². The van der Waals surface area contributed by atoms with Crippen LogP contribution in [0.5, 0.6) is 0 Å². The molecular weight excluding hydrogens is 390 g/mol. The number of pyridine rings is 1. The van der Waals surface area contributed by atoms with E-state index in [9.17, 15) is 0 Å². The normalized spacial score (nSPS) is 16.8. The van der Waals surface area contributed by atoms with Crippen molar-refractivity contribution >= 4 is 21.8 Å². The van der Waals surface area contributed by atoms with Gasteiger partial charge in [0.2, 0.25) is 0 Å². The molecule has 0 radical (unpaired) electrons. The number of aromatic amines is 1. The molecule has 158 valence electrons. The highest BCUT2D eigenvalue weighted by molar-refractivity contribution is 5.98. The maximum Gasteiger partial charge on any atom is 0.0708 e. The minimum absolute atomic E-state index is 0.317. The summed E-state index contributed by atoms with van der Waals surface area (Å²) in [5, 5.41) is 6.45. The van der Waals surface area contributed by atoms with E-state index in [1.807, 2.05) is 12.3 Å². The molecular formula is C29H27N3. The van der Waals surface area contributed by atoms with E-state index in [4.69, 9.17) is 0 Å². The first-order chi connectivity index (χ1) is 15.8. The Hall–Kier alpha value is -3.43. The van der Waals surface area contributed by atoms with E-state index < -0.39 is 0 Å². The molecule has 3 heteroatoms. The summed E-state index contributed by atoms with van der Waals surface area (Å²) in [6.07, 6.45) is 5.37. The van der Waals surface area contributed by atoms with Crippen LogP contribution in [-0.4, -0.2) is 9.97 Å². The first-order valence-electron chi connectivity index (χ1n) is 11.6. The van der Waals surface area contributed by atoms with Crippen LogP contribution < -0.4 is 5.32 Å². The van der Waals surface area contributed by atoms with E-state index in [-0.39, 0.29) is 0 Å². The molecule has 0 fully saturated rings. The fourth-order valence-corrected chi connectivity index (χ4v) is 5.29. The second-order valence-corrected chi connectivity index (χ2v) is 8.90. The molecule has 0 spiro atoms. The zero-order chi connectivity index (χ0) is 21.5. The monoisotopic (exact) mass is 417 g/mol. The lowest BCUT2D eigenvalue weighted by Crippen LogP contribution is -2.27. The molecule has 1 aliphatic carbocycles. The predicted molar refractivity (Wildman–Crippen MR) is 133 cm³/mol. The van der Waals surface area contributed by atoms with Crippen LogP contribution >= 0.6 is 0 Å². The summed E-state index contributed by atoms with van der Waals surface area (Å²) >= 11 is 0. The quantitative estimate of drug-likeness (QED) is 0.327. The van der Waals surface area contributed by atoms with Crippen LogP contribution in [-0.2, 0) is 6.42 Å². The maximum atomic E-state index is 4.54. The van der Waals surface area contributed by atoms with Gasteiger partial charge in [0, 0.05) is 40.3 Å². The number of hydrogen-bond donors (Lipinski definition) is 2. The summed E-state index contributed by atoms with van der Waals surface area (Å²) in [7, 11) is 0. The standard InChI is InChI=1S/C29H27N3/c1-19(20-8-3-2-4-9-20)31-28-14-6-11-24-25-18-21(15-16-27(25)32-29(24)28)22-10-5-13-26-23(22)12-7-17-30-26/h2-5,7-10,12-13,15-19,28,31-32H,6,11,14H2,1H3/t19-,28-/m1/s1. The average molecular weight is 418 g/mol. The topological polar surface area (TPSA) is 40.7 Å². The molecule has 3 nitrogen and oxygen atoms in total. The number of nitrogens with zero attached hydrogens (tertiary/aromatic N) is 1. The lowest BCUT2D eigenvalue weighted by molar-refractivity contribution is 0.410. The van der Waals surface area contributed by atoms with Gasteiger partial charge in [0.1, 0.15) is 0 Å². The first kappa shape index (κ1) is 19.3. The van der Waals surface area contributed by atoms with Gasteiger partial charge in [-0.05, 0) is 72.7 Å². The van der Waals surface area contributed by atoms with Crippen molar-refractivity contribution in [3.63, 3.8) is 0 Å². The molecule has 2 atom stereocenters. The van der Waals surface area contributed by atoms with Crippen molar-refractivity contribution in [1.29, 1.82) is 0 Å². The van der Waals surface area contributed by atoms with Gasteiger partial charge in [-0.25, -0.2) is 0 Å². The van der Waals surface area contributed by atoms with E-state index in [0.29, 0.717) is 12.1 Å². The van der Waals surface area contributed by atoms with Gasteiger partial charge >= 0.3 is 0 Å². The molecule has 0 aliphatic heterocycles. The van der Waals surface area contributed by atoms with Crippen molar-refractivity contribution in [2.75, 3.05) is 0 Å². The van der Waals surface area contributed by atoms with Gasteiger partial charge in [-0.1, -0.05) is 54.6 Å². The molecule has 1 aliphatic rings. The molecule has 0 unspecified atom stereocenters. The van der Waals surface area contributed by atoms with Crippen molar-refractivity contribution in [2.24, 2.45) is 0 Å². The number of hydrogen-bond acceptors (Lipinski definition) is 2. The van der Waals surface area contributed by atoms with Crippen LogP contribution in [0.15, 0.2) is 85.1 Å². The van der Waals surface area contributed by atoms with Gasteiger partial charge < -0.3 is 10.3 Å². The molecule has 2 heterocycles. The third-order valence-electron chi connectivity index (χ3n) is 6.91. The molecule has 0 saturated heterocycles. The number of aryl methyl sites for hydroxylation is 1.